The molecule has 0 aliphatic rings. The fraction of sp³-hybridized carbons (Fsp3) is 0.417. The van der Waals surface area contributed by atoms with Crippen LogP contribution in [-0.4, -0.2) is 39.8 Å². The van der Waals surface area contributed by atoms with Crippen molar-refractivity contribution < 1.29 is 19.0 Å². The number of ether oxygens (including phenoxy) is 3. The molecule has 1 unspecified atom stereocenters. The molecule has 0 heterocycles. The quantitative estimate of drug-likeness (QED) is 0.745. The number of benzene rings is 1. The molecule has 1 rings (SSSR count). The fourth-order valence-corrected chi connectivity index (χ4v) is 1.46. The maximum atomic E-state index is 12.0. The van der Waals surface area contributed by atoms with E-state index >= 15 is 0 Å². The van der Waals surface area contributed by atoms with Gasteiger partial charge in [0.1, 0.15) is 11.5 Å². The lowest BCUT2D eigenvalue weighted by Crippen LogP contribution is -2.35. The Labute approximate surface area is 100 Å². The van der Waals surface area contributed by atoms with Gasteiger partial charge in [0, 0.05) is 7.11 Å². The topological polar surface area (TPSA) is 70.8 Å². The van der Waals surface area contributed by atoms with Crippen LogP contribution < -0.4 is 15.2 Å². The predicted octanol–water partition coefficient (Wildman–Crippen LogP) is 0.860. The zero-order valence-corrected chi connectivity index (χ0v) is 10.2. The molecule has 0 radical (unpaired) electrons. The molecule has 0 bridgehead atoms. The SMILES string of the molecule is COCC(N)C(=O)c1cc(OC)ccc1OC. The number of ketones is 1. The molecule has 0 amide bonds. The van der Waals surface area contributed by atoms with Crippen LogP contribution in [0.3, 0.4) is 0 Å². The summed E-state index contributed by atoms with van der Waals surface area (Å²) in [6, 6.07) is 4.29. The Balaban J connectivity index is 3.05. The number of rotatable bonds is 6. The Kier molecular flexibility index (Phi) is 4.93. The number of nitrogens with two attached hydrogens (primary N) is 1. The number of carbonyl (C=O) groups is 1. The van der Waals surface area contributed by atoms with E-state index in [0.29, 0.717) is 17.1 Å². The van der Waals surface area contributed by atoms with Crippen LogP contribution in [-0.2, 0) is 4.74 Å². The molecular weight excluding hydrogens is 222 g/mol. The number of Topliss-reactive ketones (excluding diaryl/α,β-unsaturated/α-hetero) is 1. The summed E-state index contributed by atoms with van der Waals surface area (Å²) in [7, 11) is 4.53. The predicted molar refractivity (Wildman–Crippen MR) is 63.7 cm³/mol. The smallest absolute Gasteiger partial charge is 0.185 e. The van der Waals surface area contributed by atoms with Crippen molar-refractivity contribution >= 4 is 5.78 Å². The highest BCUT2D eigenvalue weighted by Gasteiger charge is 2.20. The van der Waals surface area contributed by atoms with Gasteiger partial charge in [0.25, 0.3) is 0 Å². The first kappa shape index (κ1) is 13.5. The third kappa shape index (κ3) is 3.18. The maximum Gasteiger partial charge on any atom is 0.185 e. The Morgan fingerprint density at radius 2 is 2.00 bits per heavy atom. The van der Waals surface area contributed by atoms with E-state index in [9.17, 15) is 4.79 Å². The van der Waals surface area contributed by atoms with Gasteiger partial charge in [0.15, 0.2) is 5.78 Å². The molecule has 0 fully saturated rings. The molecule has 1 atom stereocenters. The second-order valence-corrected chi connectivity index (χ2v) is 3.49. The molecule has 5 nitrogen and oxygen atoms in total. The van der Waals surface area contributed by atoms with E-state index < -0.39 is 6.04 Å². The Bertz CT molecular complexity index is 392. The summed E-state index contributed by atoms with van der Waals surface area (Å²) in [5.41, 5.74) is 6.10. The lowest BCUT2D eigenvalue weighted by Gasteiger charge is -2.13. The largest absolute Gasteiger partial charge is 0.497 e. The normalized spacial score (nSPS) is 12.0. The van der Waals surface area contributed by atoms with Gasteiger partial charge in [-0.05, 0) is 18.2 Å². The van der Waals surface area contributed by atoms with Crippen molar-refractivity contribution in [2.75, 3.05) is 27.9 Å². The van der Waals surface area contributed by atoms with E-state index in [1.54, 1.807) is 18.2 Å². The molecular formula is C12H17NO4. The molecule has 2 N–H and O–H groups in total. The Hall–Kier alpha value is -1.59. The van der Waals surface area contributed by atoms with Crippen molar-refractivity contribution in [1.29, 1.82) is 0 Å². The van der Waals surface area contributed by atoms with Gasteiger partial charge >= 0.3 is 0 Å². The van der Waals surface area contributed by atoms with Gasteiger partial charge in [-0.3, -0.25) is 4.79 Å². The van der Waals surface area contributed by atoms with Crippen LogP contribution in [0.25, 0.3) is 0 Å². The van der Waals surface area contributed by atoms with Gasteiger partial charge in [-0.2, -0.15) is 0 Å². The summed E-state index contributed by atoms with van der Waals surface area (Å²) in [6.45, 7) is 0.166. The van der Waals surface area contributed by atoms with E-state index in [0.717, 1.165) is 0 Å². The molecule has 17 heavy (non-hydrogen) atoms. The fourth-order valence-electron chi connectivity index (χ4n) is 1.46. The molecule has 5 heteroatoms. The summed E-state index contributed by atoms with van der Waals surface area (Å²) >= 11 is 0. The number of methoxy groups -OCH3 is 3. The van der Waals surface area contributed by atoms with Crippen LogP contribution in [0.4, 0.5) is 0 Å². The number of hydrogen-bond acceptors (Lipinski definition) is 5. The summed E-state index contributed by atoms with van der Waals surface area (Å²) in [6.07, 6.45) is 0. The monoisotopic (exact) mass is 239 g/mol. The van der Waals surface area contributed by atoms with Crippen molar-refractivity contribution in [3.05, 3.63) is 23.8 Å². The van der Waals surface area contributed by atoms with Gasteiger partial charge in [0.05, 0.1) is 32.4 Å². The lowest BCUT2D eigenvalue weighted by molar-refractivity contribution is 0.0889. The highest BCUT2D eigenvalue weighted by atomic mass is 16.5. The second-order valence-electron chi connectivity index (χ2n) is 3.49. The van der Waals surface area contributed by atoms with Gasteiger partial charge in [-0.15, -0.1) is 0 Å². The van der Waals surface area contributed by atoms with E-state index in [1.807, 2.05) is 0 Å². The van der Waals surface area contributed by atoms with Crippen LogP contribution in [0, 0.1) is 0 Å². The highest BCUT2D eigenvalue weighted by molar-refractivity contribution is 6.02. The van der Waals surface area contributed by atoms with Gasteiger partial charge in [-0.1, -0.05) is 0 Å². The minimum Gasteiger partial charge on any atom is -0.497 e. The third-order valence-electron chi connectivity index (χ3n) is 2.36. The van der Waals surface area contributed by atoms with E-state index in [1.165, 1.54) is 21.3 Å². The zero-order chi connectivity index (χ0) is 12.8. The van der Waals surface area contributed by atoms with Crippen LogP contribution in [0.2, 0.25) is 0 Å². The minimum absolute atomic E-state index is 0.166. The Morgan fingerprint density at radius 1 is 1.29 bits per heavy atom. The molecule has 1 aromatic rings. The van der Waals surface area contributed by atoms with E-state index in [-0.39, 0.29) is 12.4 Å². The Morgan fingerprint density at radius 3 is 2.53 bits per heavy atom. The molecule has 0 aliphatic carbocycles. The van der Waals surface area contributed by atoms with E-state index in [4.69, 9.17) is 19.9 Å². The van der Waals surface area contributed by atoms with Crippen molar-refractivity contribution in [2.45, 2.75) is 6.04 Å². The molecule has 0 saturated heterocycles. The van der Waals surface area contributed by atoms with Crippen molar-refractivity contribution in [3.8, 4) is 11.5 Å². The first-order chi connectivity index (χ1) is 8.13. The molecule has 0 aliphatic heterocycles. The summed E-state index contributed by atoms with van der Waals surface area (Å²) in [5, 5.41) is 0. The molecule has 0 spiro atoms. The highest BCUT2D eigenvalue weighted by Crippen LogP contribution is 2.24. The van der Waals surface area contributed by atoms with Crippen LogP contribution in [0.5, 0.6) is 11.5 Å². The van der Waals surface area contributed by atoms with Gasteiger partial charge in [-0.25, -0.2) is 0 Å². The standard InChI is InChI=1S/C12H17NO4/c1-15-7-10(13)12(14)9-6-8(16-2)4-5-11(9)17-3/h4-6,10H,7,13H2,1-3H3. The minimum atomic E-state index is -0.707. The zero-order valence-electron chi connectivity index (χ0n) is 10.2. The average molecular weight is 239 g/mol. The lowest BCUT2D eigenvalue weighted by atomic mass is 10.0. The van der Waals surface area contributed by atoms with Gasteiger partial charge < -0.3 is 19.9 Å². The number of hydrogen-bond donors (Lipinski definition) is 1. The van der Waals surface area contributed by atoms with Crippen molar-refractivity contribution in [1.82, 2.24) is 0 Å². The van der Waals surface area contributed by atoms with Crippen molar-refractivity contribution in [2.24, 2.45) is 5.73 Å². The van der Waals surface area contributed by atoms with Crippen LogP contribution in [0.1, 0.15) is 10.4 Å². The molecule has 94 valence electrons. The van der Waals surface area contributed by atoms with Crippen molar-refractivity contribution in [3.63, 3.8) is 0 Å². The number of carbonyl (C=O) groups excluding carboxylic acids is 1. The first-order valence-corrected chi connectivity index (χ1v) is 5.14. The summed E-state index contributed by atoms with van der Waals surface area (Å²) in [4.78, 5) is 12.0. The summed E-state index contributed by atoms with van der Waals surface area (Å²) in [5.74, 6) is 0.823. The summed E-state index contributed by atoms with van der Waals surface area (Å²) < 4.78 is 15.0. The first-order valence-electron chi connectivity index (χ1n) is 5.14. The van der Waals surface area contributed by atoms with E-state index in [2.05, 4.69) is 0 Å². The van der Waals surface area contributed by atoms with Crippen LogP contribution in [0.15, 0.2) is 18.2 Å². The molecule has 1 aromatic carbocycles. The second kappa shape index (κ2) is 6.22. The maximum absolute atomic E-state index is 12.0. The third-order valence-corrected chi connectivity index (χ3v) is 2.36. The molecule has 0 aromatic heterocycles. The van der Waals surface area contributed by atoms with Crippen LogP contribution >= 0.6 is 0 Å². The molecule has 0 saturated carbocycles. The average Bonchev–Trinajstić information content (AvgIpc) is 2.37. The van der Waals surface area contributed by atoms with Gasteiger partial charge in [0.2, 0.25) is 0 Å².